The fraction of sp³-hybridized carbons (Fsp3) is 0. The molecule has 0 fully saturated rings. The van der Waals surface area contributed by atoms with Crippen molar-refractivity contribution in [1.82, 2.24) is 5.43 Å². The van der Waals surface area contributed by atoms with Crippen LogP contribution < -0.4 is 21.9 Å². The molecule has 9 heteroatoms. The number of hydrogen-bond acceptors (Lipinski definition) is 7. The molecule has 0 atom stereocenters. The van der Waals surface area contributed by atoms with Crippen LogP contribution in [0, 0.1) is 0 Å². The second-order valence-corrected chi connectivity index (χ2v) is 8.23. The third-order valence-electron chi connectivity index (χ3n) is 6.07. The van der Waals surface area contributed by atoms with Crippen LogP contribution in [0.1, 0.15) is 52.6 Å². The van der Waals surface area contributed by atoms with Crippen molar-refractivity contribution in [2.45, 2.75) is 0 Å². The summed E-state index contributed by atoms with van der Waals surface area (Å²) in [6, 6.07) is 22.6. The van der Waals surface area contributed by atoms with Gasteiger partial charge in [-0.15, -0.1) is 0 Å². The summed E-state index contributed by atoms with van der Waals surface area (Å²) in [6.45, 7) is 0. The number of carboxylic acids is 1. The molecule has 0 spiro atoms. The van der Waals surface area contributed by atoms with E-state index in [-0.39, 0.29) is 39.2 Å². The average molecular weight is 492 g/mol. The number of para-hydroxylation sites is 2. The lowest BCUT2D eigenvalue weighted by molar-refractivity contribution is 0.0697. The van der Waals surface area contributed by atoms with E-state index < -0.39 is 17.7 Å². The number of amides is 1. The molecule has 1 amide bonds. The van der Waals surface area contributed by atoms with Gasteiger partial charge in [0.05, 0.1) is 45.0 Å². The van der Waals surface area contributed by atoms with E-state index in [0.29, 0.717) is 22.7 Å². The van der Waals surface area contributed by atoms with Crippen molar-refractivity contribution < 1.29 is 24.3 Å². The molecular weight excluding hydrogens is 472 g/mol. The van der Waals surface area contributed by atoms with E-state index in [1.54, 1.807) is 78.9 Å². The van der Waals surface area contributed by atoms with Crippen LogP contribution in [0.3, 0.4) is 0 Å². The molecule has 1 aliphatic rings. The number of nitrogens with two attached hydrogens (primary N) is 1. The highest BCUT2D eigenvalue weighted by Gasteiger charge is 2.34. The number of hydrazine groups is 1. The second kappa shape index (κ2) is 9.40. The fourth-order valence-corrected chi connectivity index (χ4v) is 4.39. The molecule has 1 aliphatic carbocycles. The number of nitrogen functional groups attached to an aromatic ring is 1. The minimum atomic E-state index is -1.13. The van der Waals surface area contributed by atoms with Gasteiger partial charge in [0.15, 0.2) is 11.6 Å². The molecule has 0 bridgehead atoms. The molecule has 0 saturated heterocycles. The van der Waals surface area contributed by atoms with Gasteiger partial charge in [0, 0.05) is 11.1 Å². The van der Waals surface area contributed by atoms with Gasteiger partial charge in [-0.25, -0.2) is 10.6 Å². The first-order valence-electron chi connectivity index (χ1n) is 11.2. The van der Waals surface area contributed by atoms with Crippen LogP contribution in [-0.4, -0.2) is 28.5 Å². The Hall–Kier alpha value is -5.28. The van der Waals surface area contributed by atoms with E-state index in [1.807, 2.05) is 0 Å². The predicted octanol–water partition coefficient (Wildman–Crippen LogP) is 4.25. The third-order valence-corrected chi connectivity index (χ3v) is 6.07. The van der Waals surface area contributed by atoms with E-state index in [0.717, 1.165) is 0 Å². The second-order valence-electron chi connectivity index (χ2n) is 8.23. The third kappa shape index (κ3) is 4.09. The zero-order valence-corrected chi connectivity index (χ0v) is 19.2. The van der Waals surface area contributed by atoms with Gasteiger partial charge < -0.3 is 15.7 Å². The summed E-state index contributed by atoms with van der Waals surface area (Å²) in [4.78, 5) is 51.3. The number of carboxylic acid groups (broad SMARTS) is 1. The van der Waals surface area contributed by atoms with E-state index in [2.05, 4.69) is 16.1 Å². The minimum absolute atomic E-state index is 0.0294. The smallest absolute Gasteiger partial charge is 0.337 e. The zero-order chi connectivity index (χ0) is 26.1. The number of fused-ring (bicyclic) bond motifs is 2. The SMILES string of the molecule is NNC(=O)c1ccccc1Nc1cccc2c1C(=O)c1cccc(Nc3ccccc3C(=O)O)c1C2=O. The van der Waals surface area contributed by atoms with Crippen LogP contribution in [0.2, 0.25) is 0 Å². The lowest BCUT2D eigenvalue weighted by Crippen LogP contribution is -2.30. The summed E-state index contributed by atoms with van der Waals surface area (Å²) in [7, 11) is 0. The van der Waals surface area contributed by atoms with E-state index in [9.17, 15) is 24.3 Å². The van der Waals surface area contributed by atoms with Crippen LogP contribution in [0.4, 0.5) is 22.7 Å². The van der Waals surface area contributed by atoms with Gasteiger partial charge in [-0.3, -0.25) is 19.8 Å². The van der Waals surface area contributed by atoms with Gasteiger partial charge in [0.25, 0.3) is 5.91 Å². The Kier molecular flexibility index (Phi) is 5.96. The van der Waals surface area contributed by atoms with Gasteiger partial charge >= 0.3 is 5.97 Å². The van der Waals surface area contributed by atoms with Crippen LogP contribution in [0.25, 0.3) is 0 Å². The molecular formula is C28H20N4O5. The molecule has 0 aliphatic heterocycles. The molecule has 37 heavy (non-hydrogen) atoms. The Labute approximate surface area is 210 Å². The van der Waals surface area contributed by atoms with Crippen molar-refractivity contribution in [2.24, 2.45) is 5.84 Å². The number of hydrogen-bond donors (Lipinski definition) is 5. The van der Waals surface area contributed by atoms with Gasteiger partial charge in [0.1, 0.15) is 0 Å². The zero-order valence-electron chi connectivity index (χ0n) is 19.2. The van der Waals surface area contributed by atoms with Crippen molar-refractivity contribution in [3.63, 3.8) is 0 Å². The lowest BCUT2D eigenvalue weighted by Gasteiger charge is -2.23. The first kappa shape index (κ1) is 23.5. The maximum Gasteiger partial charge on any atom is 0.337 e. The number of anilines is 4. The van der Waals surface area contributed by atoms with Crippen LogP contribution in [-0.2, 0) is 0 Å². The molecule has 4 aromatic carbocycles. The maximum absolute atomic E-state index is 13.7. The maximum atomic E-state index is 13.7. The number of aromatic carboxylic acids is 1. The first-order valence-corrected chi connectivity index (χ1v) is 11.2. The number of nitrogens with one attached hydrogen (secondary N) is 3. The molecule has 0 aromatic heterocycles. The fourth-order valence-electron chi connectivity index (χ4n) is 4.39. The van der Waals surface area contributed by atoms with E-state index in [1.165, 1.54) is 6.07 Å². The molecule has 0 heterocycles. The minimum Gasteiger partial charge on any atom is -0.478 e. The Balaban J connectivity index is 1.58. The highest BCUT2D eigenvalue weighted by atomic mass is 16.4. The molecule has 9 nitrogen and oxygen atoms in total. The van der Waals surface area contributed by atoms with E-state index in [4.69, 9.17) is 5.84 Å². The van der Waals surface area contributed by atoms with Crippen molar-refractivity contribution >= 4 is 46.2 Å². The summed E-state index contributed by atoms with van der Waals surface area (Å²) < 4.78 is 0. The Bertz CT molecular complexity index is 1610. The normalized spacial score (nSPS) is 11.8. The Morgan fingerprint density at radius 2 is 1.03 bits per heavy atom. The van der Waals surface area contributed by atoms with E-state index >= 15 is 0 Å². The van der Waals surface area contributed by atoms with Crippen molar-refractivity contribution in [2.75, 3.05) is 10.6 Å². The number of rotatable bonds is 6. The molecule has 5 rings (SSSR count). The van der Waals surface area contributed by atoms with Gasteiger partial charge in [-0.1, -0.05) is 48.5 Å². The van der Waals surface area contributed by atoms with Gasteiger partial charge in [-0.05, 0) is 36.4 Å². The Morgan fingerprint density at radius 3 is 1.51 bits per heavy atom. The largest absolute Gasteiger partial charge is 0.478 e. The highest BCUT2D eigenvalue weighted by molar-refractivity contribution is 6.32. The predicted molar refractivity (Wildman–Crippen MR) is 138 cm³/mol. The Morgan fingerprint density at radius 1 is 0.595 bits per heavy atom. The summed E-state index contributed by atoms with van der Waals surface area (Å²) in [6.07, 6.45) is 0. The molecule has 0 saturated carbocycles. The quantitative estimate of drug-likeness (QED) is 0.134. The highest BCUT2D eigenvalue weighted by Crippen LogP contribution is 2.37. The first-order chi connectivity index (χ1) is 17.9. The van der Waals surface area contributed by atoms with Crippen molar-refractivity contribution in [1.29, 1.82) is 0 Å². The molecule has 0 radical (unpaired) electrons. The molecule has 0 unspecified atom stereocenters. The summed E-state index contributed by atoms with van der Waals surface area (Å²) in [5.41, 5.74) is 4.45. The average Bonchev–Trinajstić information content (AvgIpc) is 2.91. The summed E-state index contributed by atoms with van der Waals surface area (Å²) >= 11 is 0. The standard InChI is InChI=1S/C28H20N4O5/c29-32-27(35)15-7-1-3-11-19(15)30-21-13-5-9-17-23(21)25(33)18-10-6-14-22(24(18)26(17)34)31-20-12-4-2-8-16(20)28(36)37/h1-14,30-31H,29H2,(H,32,35)(H,36,37). The molecule has 182 valence electrons. The lowest BCUT2D eigenvalue weighted by atomic mass is 9.82. The van der Waals surface area contributed by atoms with Crippen LogP contribution in [0.15, 0.2) is 84.9 Å². The number of carbonyl (C=O) groups excluding carboxylic acids is 3. The van der Waals surface area contributed by atoms with Crippen LogP contribution in [0.5, 0.6) is 0 Å². The van der Waals surface area contributed by atoms with Crippen molar-refractivity contribution in [3.05, 3.63) is 118 Å². The van der Waals surface area contributed by atoms with Crippen molar-refractivity contribution in [3.8, 4) is 0 Å². The number of carbonyl (C=O) groups is 4. The van der Waals surface area contributed by atoms with Gasteiger partial charge in [-0.2, -0.15) is 0 Å². The summed E-state index contributed by atoms with van der Waals surface area (Å²) in [5, 5.41) is 15.6. The van der Waals surface area contributed by atoms with Gasteiger partial charge in [0.2, 0.25) is 0 Å². The number of ketones is 2. The summed E-state index contributed by atoms with van der Waals surface area (Å²) in [5.74, 6) is 2.88. The number of benzene rings is 4. The monoisotopic (exact) mass is 492 g/mol. The molecule has 4 aromatic rings. The van der Waals surface area contributed by atoms with Crippen LogP contribution >= 0.6 is 0 Å². The molecule has 6 N–H and O–H groups in total. The topological polar surface area (TPSA) is 151 Å².